The molecule has 1 amide bonds. The average molecular weight is 340 g/mol. The molecule has 132 valence electrons. The average Bonchev–Trinajstić information content (AvgIpc) is 3.06. The van der Waals surface area contributed by atoms with E-state index in [-0.39, 0.29) is 18.0 Å². The van der Waals surface area contributed by atoms with E-state index < -0.39 is 0 Å². The van der Waals surface area contributed by atoms with Crippen LogP contribution in [0.2, 0.25) is 0 Å². The Balaban J connectivity index is 1.64. The van der Waals surface area contributed by atoms with E-state index in [2.05, 4.69) is 21.8 Å². The summed E-state index contributed by atoms with van der Waals surface area (Å²) in [6, 6.07) is 9.98. The first kappa shape index (κ1) is 17.2. The molecule has 0 spiro atoms. The number of aromatic nitrogens is 2. The minimum absolute atomic E-state index is 0.0617. The van der Waals surface area contributed by atoms with Gasteiger partial charge in [-0.2, -0.15) is 5.10 Å². The van der Waals surface area contributed by atoms with Gasteiger partial charge in [0, 0.05) is 37.8 Å². The summed E-state index contributed by atoms with van der Waals surface area (Å²) < 4.78 is 7.17. The van der Waals surface area contributed by atoms with Gasteiger partial charge >= 0.3 is 0 Å². The van der Waals surface area contributed by atoms with Crippen LogP contribution in [-0.4, -0.2) is 35.4 Å². The molecule has 6 nitrogen and oxygen atoms in total. The first-order valence-electron chi connectivity index (χ1n) is 8.49. The number of amides is 1. The molecule has 0 radical (unpaired) electrons. The van der Waals surface area contributed by atoms with Gasteiger partial charge in [0.2, 0.25) is 5.91 Å². The topological polar surface area (TPSA) is 68.2 Å². The molecule has 0 unspecified atom stereocenters. The Bertz CT molecular complexity index is 753. The summed E-state index contributed by atoms with van der Waals surface area (Å²) in [6.45, 7) is 0.715. The fraction of sp³-hybridized carbons (Fsp3) is 0.368. The molecule has 1 aromatic heterocycles. The van der Waals surface area contributed by atoms with Crippen molar-refractivity contribution >= 4 is 12.0 Å². The number of rotatable bonds is 6. The van der Waals surface area contributed by atoms with Gasteiger partial charge in [-0.1, -0.05) is 30.4 Å². The Morgan fingerprint density at radius 1 is 1.40 bits per heavy atom. The third kappa shape index (κ3) is 4.09. The van der Waals surface area contributed by atoms with Crippen molar-refractivity contribution in [1.29, 1.82) is 0 Å². The lowest BCUT2D eigenvalue weighted by atomic mass is 9.95. The minimum atomic E-state index is -0.0617. The predicted molar refractivity (Wildman–Crippen MR) is 97.1 cm³/mol. The van der Waals surface area contributed by atoms with Crippen LogP contribution in [0.1, 0.15) is 30.1 Å². The van der Waals surface area contributed by atoms with Gasteiger partial charge in [-0.15, -0.1) is 0 Å². The number of para-hydroxylation sites is 1. The molecule has 25 heavy (non-hydrogen) atoms. The summed E-state index contributed by atoms with van der Waals surface area (Å²) in [5.41, 5.74) is 2.06. The normalized spacial score (nSPS) is 20.6. The van der Waals surface area contributed by atoms with Crippen molar-refractivity contribution in [2.45, 2.75) is 24.9 Å². The first-order chi connectivity index (χ1) is 12.2. The van der Waals surface area contributed by atoms with Crippen LogP contribution in [0.15, 0.2) is 42.6 Å². The van der Waals surface area contributed by atoms with Crippen LogP contribution in [0, 0.1) is 0 Å². The molecule has 1 fully saturated rings. The molecule has 0 bridgehead atoms. The van der Waals surface area contributed by atoms with E-state index in [9.17, 15) is 4.79 Å². The molecule has 6 heteroatoms. The number of carbonyl (C=O) groups is 1. The van der Waals surface area contributed by atoms with Gasteiger partial charge in [0.15, 0.2) is 0 Å². The first-order valence-corrected chi connectivity index (χ1v) is 8.49. The maximum absolute atomic E-state index is 11.8. The van der Waals surface area contributed by atoms with Crippen LogP contribution in [-0.2, 0) is 11.8 Å². The summed E-state index contributed by atoms with van der Waals surface area (Å²) in [4.78, 5) is 11.8. The summed E-state index contributed by atoms with van der Waals surface area (Å²) >= 11 is 0. The van der Waals surface area contributed by atoms with E-state index in [4.69, 9.17) is 4.74 Å². The zero-order chi connectivity index (χ0) is 17.6. The van der Waals surface area contributed by atoms with Gasteiger partial charge in [0.1, 0.15) is 5.75 Å². The highest BCUT2D eigenvalue weighted by Gasteiger charge is 2.30. The molecular weight excluding hydrogens is 316 g/mol. The molecule has 2 heterocycles. The Morgan fingerprint density at radius 3 is 3.00 bits per heavy atom. The van der Waals surface area contributed by atoms with Crippen LogP contribution in [0.4, 0.5) is 0 Å². The number of piperidine rings is 1. The monoisotopic (exact) mass is 340 g/mol. The van der Waals surface area contributed by atoms with Crippen molar-refractivity contribution in [2.24, 2.45) is 7.05 Å². The number of aryl methyl sites for hydroxylation is 1. The van der Waals surface area contributed by atoms with E-state index in [0.29, 0.717) is 13.0 Å². The predicted octanol–water partition coefficient (Wildman–Crippen LogP) is 2.05. The van der Waals surface area contributed by atoms with Crippen LogP contribution in [0.5, 0.6) is 5.75 Å². The van der Waals surface area contributed by atoms with Gasteiger partial charge in [-0.05, 0) is 18.6 Å². The van der Waals surface area contributed by atoms with Crippen LogP contribution < -0.4 is 15.4 Å². The van der Waals surface area contributed by atoms with Gasteiger partial charge in [0.25, 0.3) is 0 Å². The quantitative estimate of drug-likeness (QED) is 0.844. The lowest BCUT2D eigenvalue weighted by molar-refractivity contribution is -0.124. The van der Waals surface area contributed by atoms with Crippen molar-refractivity contribution in [3.8, 4) is 5.75 Å². The standard InChI is InChI=1S/C19H24N4O2/c1-23-16(11-13-21-23)19-15(9-10-18(24)22-19)20-12-5-7-14-6-3-4-8-17(14)25-2/h3-8,11,13,15,19-20H,9-10,12H2,1-2H3,(H,22,24)/b7-5+/t15-,19-/m1/s1. The van der Waals surface area contributed by atoms with E-state index in [1.807, 2.05) is 48.1 Å². The molecule has 1 aromatic carbocycles. The van der Waals surface area contributed by atoms with Crippen LogP contribution in [0.3, 0.4) is 0 Å². The van der Waals surface area contributed by atoms with Gasteiger partial charge < -0.3 is 15.4 Å². The number of carbonyl (C=O) groups excluding carboxylic acids is 1. The fourth-order valence-corrected chi connectivity index (χ4v) is 3.20. The highest BCUT2D eigenvalue weighted by Crippen LogP contribution is 2.24. The summed E-state index contributed by atoms with van der Waals surface area (Å²) in [5.74, 6) is 0.949. The van der Waals surface area contributed by atoms with E-state index in [1.54, 1.807) is 13.3 Å². The number of hydrogen-bond donors (Lipinski definition) is 2. The zero-order valence-electron chi connectivity index (χ0n) is 14.6. The Kier molecular flexibility index (Phi) is 5.50. The number of nitrogens with one attached hydrogen (secondary N) is 2. The molecule has 0 aliphatic carbocycles. The Labute approximate surface area is 147 Å². The molecule has 1 aliphatic heterocycles. The molecule has 2 N–H and O–H groups in total. The van der Waals surface area contributed by atoms with Crippen molar-refractivity contribution < 1.29 is 9.53 Å². The van der Waals surface area contributed by atoms with Crippen molar-refractivity contribution in [3.05, 3.63) is 53.9 Å². The highest BCUT2D eigenvalue weighted by atomic mass is 16.5. The second-order valence-corrected chi connectivity index (χ2v) is 6.12. The number of methoxy groups -OCH3 is 1. The molecular formula is C19H24N4O2. The highest BCUT2D eigenvalue weighted by molar-refractivity contribution is 5.77. The summed E-state index contributed by atoms with van der Waals surface area (Å²) in [7, 11) is 3.57. The number of ether oxygens (including phenoxy) is 1. The van der Waals surface area contributed by atoms with Crippen molar-refractivity contribution in [1.82, 2.24) is 20.4 Å². The minimum Gasteiger partial charge on any atom is -0.496 e. The second kappa shape index (κ2) is 7.98. The lowest BCUT2D eigenvalue weighted by Crippen LogP contribution is -2.49. The van der Waals surface area contributed by atoms with E-state index in [1.165, 1.54) is 0 Å². The lowest BCUT2D eigenvalue weighted by Gasteiger charge is -2.32. The molecule has 3 rings (SSSR count). The summed E-state index contributed by atoms with van der Waals surface area (Å²) in [6.07, 6.45) is 7.24. The largest absolute Gasteiger partial charge is 0.496 e. The molecule has 0 saturated carbocycles. The van der Waals surface area contributed by atoms with Crippen LogP contribution in [0.25, 0.3) is 6.08 Å². The summed E-state index contributed by atoms with van der Waals surface area (Å²) in [5, 5.41) is 10.8. The van der Waals surface area contributed by atoms with E-state index in [0.717, 1.165) is 23.4 Å². The van der Waals surface area contributed by atoms with Crippen molar-refractivity contribution in [3.63, 3.8) is 0 Å². The molecule has 2 aromatic rings. The van der Waals surface area contributed by atoms with E-state index >= 15 is 0 Å². The maximum atomic E-state index is 11.8. The van der Waals surface area contributed by atoms with Gasteiger partial charge in [-0.25, -0.2) is 0 Å². The second-order valence-electron chi connectivity index (χ2n) is 6.12. The third-order valence-electron chi connectivity index (χ3n) is 4.51. The van der Waals surface area contributed by atoms with Crippen LogP contribution >= 0.6 is 0 Å². The molecule has 1 aliphatic rings. The SMILES string of the molecule is COc1ccccc1/C=C/CN[C@@H]1CCC(=O)N[C@H]1c1ccnn1C. The maximum Gasteiger partial charge on any atom is 0.220 e. The number of hydrogen-bond acceptors (Lipinski definition) is 4. The fourth-order valence-electron chi connectivity index (χ4n) is 3.20. The number of nitrogens with zero attached hydrogens (tertiary/aromatic N) is 2. The molecule has 1 saturated heterocycles. The Morgan fingerprint density at radius 2 is 2.24 bits per heavy atom. The third-order valence-corrected chi connectivity index (χ3v) is 4.51. The number of benzene rings is 1. The molecule has 2 atom stereocenters. The smallest absolute Gasteiger partial charge is 0.220 e. The van der Waals surface area contributed by atoms with Crippen molar-refractivity contribution in [2.75, 3.05) is 13.7 Å². The van der Waals surface area contributed by atoms with Gasteiger partial charge in [0.05, 0.1) is 18.8 Å². The zero-order valence-corrected chi connectivity index (χ0v) is 14.6. The van der Waals surface area contributed by atoms with Gasteiger partial charge in [-0.3, -0.25) is 9.48 Å². The Hall–Kier alpha value is -2.60.